The minimum Gasteiger partial charge on any atom is -0.308 e. The summed E-state index contributed by atoms with van der Waals surface area (Å²) in [5, 5.41) is 0. The molecule has 0 aromatic heterocycles. The lowest BCUT2D eigenvalue weighted by molar-refractivity contribution is -0.117. The molecule has 1 aromatic rings. The molecule has 0 spiro atoms. The largest absolute Gasteiger partial charge is 0.308 e. The number of ketones is 1. The summed E-state index contributed by atoms with van der Waals surface area (Å²) in [4.78, 5) is 14.9. The summed E-state index contributed by atoms with van der Waals surface area (Å²) in [5.74, 6) is -0.233. The first-order valence-electron chi connectivity index (χ1n) is 4.83. The fourth-order valence-electron chi connectivity index (χ4n) is 1.16. The van der Waals surface area contributed by atoms with Crippen LogP contribution in [0.4, 0.5) is 0 Å². The number of Topliss-reactive ketones (excluding diaryl/α,β-unsaturated/α-hetero) is 1. The summed E-state index contributed by atoms with van der Waals surface area (Å²) in [6, 6.07) is 9.41. The van der Waals surface area contributed by atoms with Crippen molar-refractivity contribution in [3.05, 3.63) is 53.0 Å². The molecule has 0 radical (unpaired) electrons. The van der Waals surface area contributed by atoms with Crippen molar-refractivity contribution in [1.29, 1.82) is 0 Å². The van der Waals surface area contributed by atoms with E-state index in [2.05, 4.69) is 4.85 Å². The van der Waals surface area contributed by atoms with E-state index >= 15 is 0 Å². The van der Waals surface area contributed by atoms with Gasteiger partial charge in [0.05, 0.1) is 6.57 Å². The summed E-state index contributed by atoms with van der Waals surface area (Å²) < 4.78 is 0. The lowest BCUT2D eigenvalue weighted by Crippen LogP contribution is -2.07. The Kier molecular flexibility index (Phi) is 3.82. The highest BCUT2D eigenvalue weighted by Gasteiger charge is 2.13. The van der Waals surface area contributed by atoms with Crippen LogP contribution < -0.4 is 0 Å². The van der Waals surface area contributed by atoms with E-state index in [0.29, 0.717) is 0 Å². The number of benzene rings is 1. The standard InChI is InChI=1S/C13H13NO/c1-10(2)13(15)12(14-3)9-11-7-5-4-6-8-11/h4-10H,1-2H3/b12-9-. The molecule has 0 heterocycles. The molecular weight excluding hydrogens is 186 g/mol. The fraction of sp³-hybridized carbons (Fsp3) is 0.231. The van der Waals surface area contributed by atoms with Crippen LogP contribution in [0.25, 0.3) is 10.9 Å². The highest BCUT2D eigenvalue weighted by atomic mass is 16.1. The molecule has 76 valence electrons. The molecule has 0 saturated heterocycles. The molecule has 0 aliphatic carbocycles. The third kappa shape index (κ3) is 3.07. The van der Waals surface area contributed by atoms with Gasteiger partial charge in [0, 0.05) is 5.92 Å². The van der Waals surface area contributed by atoms with Gasteiger partial charge < -0.3 is 4.79 Å². The minimum absolute atomic E-state index is 0.103. The van der Waals surface area contributed by atoms with Crippen LogP contribution in [-0.2, 0) is 4.79 Å². The number of carbonyl (C=O) groups excluding carboxylic acids is 1. The lowest BCUT2D eigenvalue weighted by Gasteiger charge is -2.01. The number of hydrogen-bond acceptors (Lipinski definition) is 1. The van der Waals surface area contributed by atoms with E-state index in [1.807, 2.05) is 30.3 Å². The van der Waals surface area contributed by atoms with Gasteiger partial charge in [0.2, 0.25) is 5.70 Å². The molecule has 0 N–H and O–H groups in total. The van der Waals surface area contributed by atoms with Crippen LogP contribution in [0.2, 0.25) is 0 Å². The highest BCUT2D eigenvalue weighted by Crippen LogP contribution is 2.12. The SMILES string of the molecule is [C-]#[N+]/C(=C\c1ccccc1)C(=O)C(C)C. The Morgan fingerprint density at radius 2 is 1.93 bits per heavy atom. The second-order valence-corrected chi connectivity index (χ2v) is 3.57. The minimum atomic E-state index is -0.130. The molecule has 0 fully saturated rings. The summed E-state index contributed by atoms with van der Waals surface area (Å²) >= 11 is 0. The topological polar surface area (TPSA) is 21.4 Å². The van der Waals surface area contributed by atoms with Crippen LogP contribution in [0.1, 0.15) is 19.4 Å². The Morgan fingerprint density at radius 1 is 1.33 bits per heavy atom. The van der Waals surface area contributed by atoms with Crippen LogP contribution >= 0.6 is 0 Å². The maximum atomic E-state index is 11.6. The molecule has 0 saturated carbocycles. The van der Waals surface area contributed by atoms with E-state index in [1.54, 1.807) is 19.9 Å². The normalized spacial score (nSPS) is 11.2. The van der Waals surface area contributed by atoms with E-state index in [9.17, 15) is 4.79 Å². The van der Waals surface area contributed by atoms with Crippen molar-refractivity contribution >= 4 is 11.9 Å². The van der Waals surface area contributed by atoms with Crippen LogP contribution in [0, 0.1) is 12.5 Å². The van der Waals surface area contributed by atoms with Gasteiger partial charge in [-0.25, -0.2) is 4.85 Å². The van der Waals surface area contributed by atoms with Crippen molar-refractivity contribution in [3.63, 3.8) is 0 Å². The number of hydrogen-bond donors (Lipinski definition) is 0. The zero-order valence-electron chi connectivity index (χ0n) is 8.90. The van der Waals surface area contributed by atoms with E-state index in [1.165, 1.54) is 0 Å². The van der Waals surface area contributed by atoms with Gasteiger partial charge in [0.15, 0.2) is 5.78 Å². The predicted octanol–water partition coefficient (Wildman–Crippen LogP) is 3.17. The van der Waals surface area contributed by atoms with Gasteiger partial charge in [-0.05, 0) is 11.6 Å². The summed E-state index contributed by atoms with van der Waals surface area (Å²) in [5.41, 5.74) is 1.09. The molecule has 2 nitrogen and oxygen atoms in total. The summed E-state index contributed by atoms with van der Waals surface area (Å²) in [7, 11) is 0. The Bertz CT molecular complexity index is 410. The van der Waals surface area contributed by atoms with Gasteiger partial charge in [-0.3, -0.25) is 0 Å². The first-order valence-corrected chi connectivity index (χ1v) is 4.83. The maximum absolute atomic E-state index is 11.6. The van der Waals surface area contributed by atoms with Crippen LogP contribution in [0.3, 0.4) is 0 Å². The number of nitrogens with zero attached hydrogens (tertiary/aromatic N) is 1. The van der Waals surface area contributed by atoms with Crippen LogP contribution in [-0.4, -0.2) is 5.78 Å². The van der Waals surface area contributed by atoms with Crippen molar-refractivity contribution in [2.24, 2.45) is 5.92 Å². The molecule has 0 aliphatic heterocycles. The van der Waals surface area contributed by atoms with E-state index in [0.717, 1.165) is 5.56 Å². The average molecular weight is 199 g/mol. The van der Waals surface area contributed by atoms with Gasteiger partial charge >= 0.3 is 0 Å². The monoisotopic (exact) mass is 199 g/mol. The maximum Gasteiger partial charge on any atom is 0.230 e. The molecule has 0 atom stereocenters. The molecule has 1 aromatic carbocycles. The first kappa shape index (κ1) is 11.2. The lowest BCUT2D eigenvalue weighted by atomic mass is 10.0. The Morgan fingerprint density at radius 3 is 2.40 bits per heavy atom. The Labute approximate surface area is 90.1 Å². The van der Waals surface area contributed by atoms with Gasteiger partial charge in [0.25, 0.3) is 0 Å². The quantitative estimate of drug-likeness (QED) is 0.541. The van der Waals surface area contributed by atoms with E-state index in [4.69, 9.17) is 6.57 Å². The Hall–Kier alpha value is -1.88. The number of allylic oxidation sites excluding steroid dienone is 1. The molecule has 0 unspecified atom stereocenters. The molecule has 0 amide bonds. The van der Waals surface area contributed by atoms with Gasteiger partial charge in [0.1, 0.15) is 0 Å². The van der Waals surface area contributed by atoms with Crippen molar-refractivity contribution in [2.75, 3.05) is 0 Å². The van der Waals surface area contributed by atoms with Gasteiger partial charge in [-0.1, -0.05) is 44.2 Å². The zero-order valence-corrected chi connectivity index (χ0v) is 8.90. The molecule has 1 rings (SSSR count). The molecule has 2 heteroatoms. The van der Waals surface area contributed by atoms with Gasteiger partial charge in [-0.15, -0.1) is 0 Å². The second-order valence-electron chi connectivity index (χ2n) is 3.57. The predicted molar refractivity (Wildman–Crippen MR) is 60.9 cm³/mol. The molecule has 0 bridgehead atoms. The summed E-state index contributed by atoms with van der Waals surface area (Å²) in [6.07, 6.45) is 1.63. The molecule has 0 aliphatic rings. The van der Waals surface area contributed by atoms with Crippen molar-refractivity contribution < 1.29 is 4.79 Å². The van der Waals surface area contributed by atoms with Crippen LogP contribution in [0.5, 0.6) is 0 Å². The van der Waals surface area contributed by atoms with E-state index in [-0.39, 0.29) is 17.4 Å². The van der Waals surface area contributed by atoms with Crippen molar-refractivity contribution in [1.82, 2.24) is 0 Å². The number of rotatable bonds is 3. The second kappa shape index (κ2) is 5.11. The van der Waals surface area contributed by atoms with Gasteiger partial charge in [-0.2, -0.15) is 0 Å². The van der Waals surface area contributed by atoms with Crippen LogP contribution in [0.15, 0.2) is 36.0 Å². The Balaban J connectivity index is 3.00. The van der Waals surface area contributed by atoms with E-state index < -0.39 is 0 Å². The third-order valence-electron chi connectivity index (χ3n) is 2.00. The molecule has 15 heavy (non-hydrogen) atoms. The smallest absolute Gasteiger partial charge is 0.230 e. The number of carbonyl (C=O) groups is 1. The van der Waals surface area contributed by atoms with Crippen molar-refractivity contribution in [3.8, 4) is 0 Å². The average Bonchev–Trinajstić information content (AvgIpc) is 2.26. The summed E-state index contributed by atoms with van der Waals surface area (Å²) in [6.45, 7) is 10.6. The molecular formula is C13H13NO. The fourth-order valence-corrected chi connectivity index (χ4v) is 1.16. The van der Waals surface area contributed by atoms with Crippen molar-refractivity contribution in [2.45, 2.75) is 13.8 Å². The highest BCUT2D eigenvalue weighted by molar-refractivity contribution is 6.02. The first-order chi connectivity index (χ1) is 7.15. The third-order valence-corrected chi connectivity index (χ3v) is 2.00. The zero-order chi connectivity index (χ0) is 11.3.